The zero-order chi connectivity index (χ0) is 20.4. The maximum absolute atomic E-state index is 12.8. The van der Waals surface area contributed by atoms with Crippen LogP contribution in [0.25, 0.3) is 0 Å². The summed E-state index contributed by atoms with van der Waals surface area (Å²) in [4.78, 5) is 15.5. The van der Waals surface area contributed by atoms with Crippen LogP contribution in [0.1, 0.15) is 12.5 Å². The molecular formula is C16H21FN4O5S. The van der Waals surface area contributed by atoms with Crippen LogP contribution in [0, 0.1) is 5.82 Å². The zero-order valence-corrected chi connectivity index (χ0v) is 15.6. The zero-order valence-electron chi connectivity index (χ0n) is 14.8. The molecule has 11 heteroatoms. The van der Waals surface area contributed by atoms with E-state index in [1.165, 1.54) is 12.1 Å². The number of hydrogen-bond donors (Lipinski definition) is 4. The van der Waals surface area contributed by atoms with Crippen LogP contribution in [0.5, 0.6) is 0 Å². The summed E-state index contributed by atoms with van der Waals surface area (Å²) >= 11 is 0. The largest absolute Gasteiger partial charge is 0.450 e. The Morgan fingerprint density at radius 2 is 1.85 bits per heavy atom. The van der Waals surface area contributed by atoms with E-state index in [1.54, 1.807) is 31.2 Å². The predicted octanol–water partition coefficient (Wildman–Crippen LogP) is 2.49. The number of nitrogen functional groups attached to an aromatic ring is 1. The quantitative estimate of drug-likeness (QED) is 0.560. The van der Waals surface area contributed by atoms with Gasteiger partial charge in [0.1, 0.15) is 17.5 Å². The standard InChI is InChI=1S/C15H17FN4O2.CH4O3S/c1-2-22-15(21)19-12-7-8-13(20-14(12)17)18-9-10-3-5-11(16)6-4-10;1-5(2,3)4/h3-8H,2,9H2,1H3,(H,19,21)(H3,17,18,20);1H3,(H,2,3,4). The summed E-state index contributed by atoms with van der Waals surface area (Å²) in [6.45, 7) is 2.47. The molecule has 2 rings (SSSR count). The number of benzene rings is 1. The van der Waals surface area contributed by atoms with Crippen LogP contribution >= 0.6 is 0 Å². The average molecular weight is 400 g/mol. The van der Waals surface area contributed by atoms with Crippen molar-refractivity contribution >= 4 is 33.5 Å². The summed E-state index contributed by atoms with van der Waals surface area (Å²) in [5.41, 5.74) is 7.08. The summed E-state index contributed by atoms with van der Waals surface area (Å²) in [7, 11) is -3.67. The molecule has 1 heterocycles. The van der Waals surface area contributed by atoms with Gasteiger partial charge in [-0.2, -0.15) is 8.42 Å². The van der Waals surface area contributed by atoms with Gasteiger partial charge in [-0.3, -0.25) is 9.87 Å². The number of amides is 1. The Labute approximate surface area is 156 Å². The minimum atomic E-state index is -3.67. The third-order valence-electron chi connectivity index (χ3n) is 2.82. The van der Waals surface area contributed by atoms with Gasteiger partial charge in [0, 0.05) is 6.54 Å². The Hall–Kier alpha value is -2.92. The van der Waals surface area contributed by atoms with Crippen LogP contribution in [-0.2, 0) is 21.4 Å². The molecule has 148 valence electrons. The lowest BCUT2D eigenvalue weighted by Gasteiger charge is -2.10. The number of carbonyl (C=O) groups is 1. The van der Waals surface area contributed by atoms with Gasteiger partial charge >= 0.3 is 6.09 Å². The number of nitrogens with two attached hydrogens (primary N) is 1. The van der Waals surface area contributed by atoms with Gasteiger partial charge in [0.25, 0.3) is 10.1 Å². The maximum atomic E-state index is 12.8. The number of rotatable bonds is 5. The smallest absolute Gasteiger partial charge is 0.411 e. The van der Waals surface area contributed by atoms with Gasteiger partial charge in [-0.1, -0.05) is 12.1 Å². The van der Waals surface area contributed by atoms with E-state index in [2.05, 4.69) is 15.6 Å². The normalized spacial score (nSPS) is 10.4. The number of ether oxygens (including phenoxy) is 1. The molecule has 0 aliphatic heterocycles. The van der Waals surface area contributed by atoms with E-state index in [0.29, 0.717) is 24.3 Å². The maximum Gasteiger partial charge on any atom is 0.411 e. The van der Waals surface area contributed by atoms with Crippen LogP contribution in [-0.4, -0.2) is 36.9 Å². The van der Waals surface area contributed by atoms with Gasteiger partial charge in [0.15, 0.2) is 0 Å². The van der Waals surface area contributed by atoms with Crippen LogP contribution in [0.3, 0.4) is 0 Å². The molecule has 0 fully saturated rings. The Morgan fingerprint density at radius 3 is 2.37 bits per heavy atom. The molecule has 0 bridgehead atoms. The van der Waals surface area contributed by atoms with Crippen LogP contribution in [0.2, 0.25) is 0 Å². The second-order valence-corrected chi connectivity index (χ2v) is 6.65. The average Bonchev–Trinajstić information content (AvgIpc) is 2.55. The van der Waals surface area contributed by atoms with E-state index in [-0.39, 0.29) is 18.2 Å². The third-order valence-corrected chi connectivity index (χ3v) is 2.82. The molecular weight excluding hydrogens is 379 g/mol. The molecule has 0 radical (unpaired) electrons. The van der Waals surface area contributed by atoms with Crippen molar-refractivity contribution in [2.75, 3.05) is 29.2 Å². The van der Waals surface area contributed by atoms with Gasteiger partial charge in [-0.05, 0) is 36.8 Å². The van der Waals surface area contributed by atoms with E-state index in [0.717, 1.165) is 5.56 Å². The molecule has 0 spiro atoms. The van der Waals surface area contributed by atoms with Crippen LogP contribution in [0.15, 0.2) is 36.4 Å². The fourth-order valence-electron chi connectivity index (χ4n) is 1.75. The van der Waals surface area contributed by atoms with E-state index in [4.69, 9.17) is 15.0 Å². The molecule has 1 aromatic carbocycles. The van der Waals surface area contributed by atoms with Gasteiger partial charge in [0.2, 0.25) is 0 Å². The van der Waals surface area contributed by atoms with E-state index in [1.807, 2.05) is 0 Å². The number of carbonyl (C=O) groups excluding carboxylic acids is 1. The number of hydrogen-bond acceptors (Lipinski definition) is 7. The lowest BCUT2D eigenvalue weighted by molar-refractivity contribution is 0.168. The van der Waals surface area contributed by atoms with Crippen molar-refractivity contribution < 1.29 is 26.9 Å². The van der Waals surface area contributed by atoms with Gasteiger partial charge in [-0.15, -0.1) is 0 Å². The lowest BCUT2D eigenvalue weighted by Crippen LogP contribution is -2.15. The Bertz CT molecular complexity index is 852. The molecule has 0 atom stereocenters. The van der Waals surface area contributed by atoms with Crippen LogP contribution < -0.4 is 16.4 Å². The lowest BCUT2D eigenvalue weighted by atomic mass is 10.2. The number of aromatic nitrogens is 1. The molecule has 0 saturated carbocycles. The van der Waals surface area contributed by atoms with Gasteiger partial charge in [-0.25, -0.2) is 14.2 Å². The molecule has 27 heavy (non-hydrogen) atoms. The van der Waals surface area contributed by atoms with E-state index in [9.17, 15) is 17.6 Å². The fraction of sp³-hybridized carbons (Fsp3) is 0.250. The topological polar surface area (TPSA) is 144 Å². The van der Waals surface area contributed by atoms with Crippen molar-refractivity contribution in [2.45, 2.75) is 13.5 Å². The molecule has 0 aliphatic rings. The molecule has 0 unspecified atom stereocenters. The summed E-state index contributed by atoms with van der Waals surface area (Å²) in [5.74, 6) is 0.453. The highest BCUT2D eigenvalue weighted by atomic mass is 32.2. The minimum Gasteiger partial charge on any atom is -0.450 e. The summed E-state index contributed by atoms with van der Waals surface area (Å²) in [6.07, 6.45) is 0.135. The SMILES string of the molecule is CCOC(=O)Nc1ccc(NCc2ccc(F)cc2)nc1N.CS(=O)(=O)O. The van der Waals surface area contributed by atoms with E-state index < -0.39 is 16.2 Å². The monoisotopic (exact) mass is 400 g/mol. The highest BCUT2D eigenvalue weighted by Crippen LogP contribution is 2.19. The first-order valence-corrected chi connectivity index (χ1v) is 9.54. The molecule has 0 aliphatic carbocycles. The molecule has 0 saturated heterocycles. The number of nitrogens with zero attached hydrogens (tertiary/aromatic N) is 1. The second-order valence-electron chi connectivity index (χ2n) is 5.19. The molecule has 9 nitrogen and oxygen atoms in total. The highest BCUT2D eigenvalue weighted by Gasteiger charge is 2.07. The Morgan fingerprint density at radius 1 is 1.26 bits per heavy atom. The van der Waals surface area contributed by atoms with E-state index >= 15 is 0 Å². The van der Waals surface area contributed by atoms with Gasteiger partial charge < -0.3 is 15.8 Å². The summed E-state index contributed by atoms with van der Waals surface area (Å²) in [6, 6.07) is 9.47. The highest BCUT2D eigenvalue weighted by molar-refractivity contribution is 7.85. The molecule has 1 amide bonds. The molecule has 1 aromatic heterocycles. The molecule has 5 N–H and O–H groups in total. The first kappa shape index (κ1) is 22.1. The first-order chi connectivity index (χ1) is 12.6. The minimum absolute atomic E-state index is 0.178. The van der Waals surface area contributed by atoms with Crippen LogP contribution in [0.4, 0.5) is 26.5 Å². The van der Waals surface area contributed by atoms with Crippen molar-refractivity contribution in [3.05, 3.63) is 47.8 Å². The van der Waals surface area contributed by atoms with Crippen molar-refractivity contribution in [2.24, 2.45) is 0 Å². The van der Waals surface area contributed by atoms with Crippen molar-refractivity contribution in [3.63, 3.8) is 0 Å². The fourth-order valence-corrected chi connectivity index (χ4v) is 1.75. The number of halogens is 1. The third kappa shape index (κ3) is 9.97. The number of pyridine rings is 1. The Kier molecular flexibility index (Phi) is 8.42. The summed E-state index contributed by atoms with van der Waals surface area (Å²) in [5, 5.41) is 5.57. The van der Waals surface area contributed by atoms with Crippen molar-refractivity contribution in [1.82, 2.24) is 4.98 Å². The number of anilines is 3. The second kappa shape index (κ2) is 10.3. The van der Waals surface area contributed by atoms with Crippen molar-refractivity contribution in [1.29, 1.82) is 0 Å². The first-order valence-electron chi connectivity index (χ1n) is 7.69. The van der Waals surface area contributed by atoms with Gasteiger partial charge in [0.05, 0.1) is 18.6 Å². The predicted molar refractivity (Wildman–Crippen MR) is 100 cm³/mol. The summed E-state index contributed by atoms with van der Waals surface area (Å²) < 4.78 is 43.4. The number of nitrogens with one attached hydrogen (secondary N) is 2. The Balaban J connectivity index is 0.000000646. The van der Waals surface area contributed by atoms with Crippen molar-refractivity contribution in [3.8, 4) is 0 Å². The molecule has 2 aromatic rings.